The number of nitrogens with zero attached hydrogens (tertiary/aromatic N) is 1. The molecule has 0 saturated heterocycles. The molecule has 0 spiro atoms. The fourth-order valence-electron chi connectivity index (χ4n) is 2.07. The normalized spacial score (nSPS) is 11.0. The molecule has 0 atom stereocenters. The summed E-state index contributed by atoms with van der Waals surface area (Å²) >= 11 is 11.8. The van der Waals surface area contributed by atoms with Crippen LogP contribution in [0.5, 0.6) is 0 Å². The minimum atomic E-state index is -0.644. The van der Waals surface area contributed by atoms with Gasteiger partial charge in [-0.2, -0.15) is 0 Å². The Kier molecular flexibility index (Phi) is 5.02. The van der Waals surface area contributed by atoms with Gasteiger partial charge in [-0.3, -0.25) is 14.3 Å². The molecule has 3 rings (SSSR count). The molecule has 6 nitrogen and oxygen atoms in total. The van der Waals surface area contributed by atoms with Gasteiger partial charge in [0.05, 0.1) is 10.0 Å². The second-order valence-electron chi connectivity index (χ2n) is 5.02. The minimum absolute atomic E-state index is 0.285. The number of hydrogen-bond acceptors (Lipinski definition) is 4. The van der Waals surface area contributed by atoms with Gasteiger partial charge in [0.25, 0.3) is 0 Å². The Labute approximate surface area is 152 Å². The molecule has 0 aliphatic carbocycles. The van der Waals surface area contributed by atoms with Crippen LogP contribution < -0.4 is 11.1 Å². The Hall–Kier alpha value is -2.83. The van der Waals surface area contributed by atoms with Crippen LogP contribution in [0.3, 0.4) is 0 Å². The monoisotopic (exact) mass is 375 g/mol. The van der Waals surface area contributed by atoms with Crippen molar-refractivity contribution in [2.75, 3.05) is 5.32 Å². The molecule has 1 amide bonds. The molecule has 8 heteroatoms. The zero-order valence-corrected chi connectivity index (χ0v) is 14.1. The molecule has 0 saturated carbocycles. The predicted octanol–water partition coefficient (Wildman–Crippen LogP) is 3.99. The third-order valence-electron chi connectivity index (χ3n) is 3.21. The highest BCUT2D eigenvalue weighted by molar-refractivity contribution is 6.42. The number of carbonyl (C=O) groups excluding carboxylic acids is 1. The van der Waals surface area contributed by atoms with Crippen molar-refractivity contribution in [2.45, 2.75) is 0 Å². The maximum Gasteiger partial charge on any atom is 0.439 e. The van der Waals surface area contributed by atoms with Crippen LogP contribution in [0.2, 0.25) is 10.0 Å². The van der Waals surface area contributed by atoms with Crippen LogP contribution >= 0.6 is 23.2 Å². The summed E-state index contributed by atoms with van der Waals surface area (Å²) in [5, 5.41) is 7.19. The number of halogens is 2. The molecule has 2 aromatic carbocycles. The highest BCUT2D eigenvalue weighted by Gasteiger charge is 2.06. The standard InChI is InChI=1S/C17H11Cl2N3O3/c18-13-6-4-10(8-14(13)19)5-7-15(23)20-12-3-1-2-11(9-12)16-21-17(24)25-22-16/h1-9H,(H,20,23)(H,21,22,24)/b7-5+. The van der Waals surface area contributed by atoms with Crippen molar-refractivity contribution in [3.8, 4) is 11.4 Å². The molecule has 0 radical (unpaired) electrons. The zero-order valence-electron chi connectivity index (χ0n) is 12.6. The predicted molar refractivity (Wildman–Crippen MR) is 96.7 cm³/mol. The zero-order chi connectivity index (χ0) is 17.8. The molecule has 0 unspecified atom stereocenters. The Morgan fingerprint density at radius 2 is 2.00 bits per heavy atom. The molecule has 25 heavy (non-hydrogen) atoms. The van der Waals surface area contributed by atoms with E-state index in [1.165, 1.54) is 6.08 Å². The van der Waals surface area contributed by atoms with Gasteiger partial charge in [0.2, 0.25) is 5.91 Å². The topological polar surface area (TPSA) is 88.0 Å². The number of anilines is 1. The number of nitrogens with one attached hydrogen (secondary N) is 2. The number of benzene rings is 2. The maximum atomic E-state index is 12.0. The van der Waals surface area contributed by atoms with Crippen LogP contribution in [0.4, 0.5) is 5.69 Å². The molecule has 2 N–H and O–H groups in total. The summed E-state index contributed by atoms with van der Waals surface area (Å²) in [4.78, 5) is 25.5. The van der Waals surface area contributed by atoms with Crippen LogP contribution in [0, 0.1) is 0 Å². The molecule has 1 heterocycles. The van der Waals surface area contributed by atoms with E-state index in [1.54, 1.807) is 48.5 Å². The Morgan fingerprint density at radius 3 is 2.72 bits per heavy atom. The molecule has 3 aromatic rings. The first-order chi connectivity index (χ1) is 12.0. The molecular formula is C17H11Cl2N3O3. The van der Waals surface area contributed by atoms with E-state index in [0.29, 0.717) is 21.3 Å². The van der Waals surface area contributed by atoms with Gasteiger partial charge in [-0.15, -0.1) is 0 Å². The Balaban J connectivity index is 1.71. The molecule has 0 aliphatic heterocycles. The lowest BCUT2D eigenvalue weighted by molar-refractivity contribution is -0.111. The summed E-state index contributed by atoms with van der Waals surface area (Å²) in [7, 11) is 0. The number of H-pyrrole nitrogens is 1. The van der Waals surface area contributed by atoms with Crippen LogP contribution in [0.15, 0.2) is 57.9 Å². The fourth-order valence-corrected chi connectivity index (χ4v) is 2.38. The third-order valence-corrected chi connectivity index (χ3v) is 3.95. The smallest absolute Gasteiger partial charge is 0.322 e. The highest BCUT2D eigenvalue weighted by Crippen LogP contribution is 2.23. The summed E-state index contributed by atoms with van der Waals surface area (Å²) in [6.07, 6.45) is 3.00. The summed E-state index contributed by atoms with van der Waals surface area (Å²) in [5.41, 5.74) is 1.90. The highest BCUT2D eigenvalue weighted by atomic mass is 35.5. The molecule has 0 bridgehead atoms. The number of carbonyl (C=O) groups is 1. The molecular weight excluding hydrogens is 365 g/mol. The van der Waals surface area contributed by atoms with Crippen LogP contribution in [-0.2, 0) is 4.79 Å². The lowest BCUT2D eigenvalue weighted by Crippen LogP contribution is -2.07. The molecule has 126 valence electrons. The molecule has 0 fully saturated rings. The van der Waals surface area contributed by atoms with Crippen molar-refractivity contribution in [3.05, 3.63) is 74.7 Å². The van der Waals surface area contributed by atoms with E-state index in [4.69, 9.17) is 23.2 Å². The Bertz CT molecular complexity index is 1010. The lowest BCUT2D eigenvalue weighted by Gasteiger charge is -2.04. The summed E-state index contributed by atoms with van der Waals surface area (Å²) in [6.45, 7) is 0. The van der Waals surface area contributed by atoms with E-state index in [0.717, 1.165) is 5.56 Å². The SMILES string of the molecule is O=C(/C=C/c1ccc(Cl)c(Cl)c1)Nc1cccc(-c2noc(=O)[nH]2)c1. The number of rotatable bonds is 4. The van der Waals surface area contributed by atoms with Crippen molar-refractivity contribution in [1.29, 1.82) is 0 Å². The van der Waals surface area contributed by atoms with E-state index < -0.39 is 5.76 Å². The second-order valence-corrected chi connectivity index (χ2v) is 5.83. The van der Waals surface area contributed by atoms with Gasteiger partial charge in [-0.25, -0.2) is 4.79 Å². The van der Waals surface area contributed by atoms with Crippen LogP contribution in [0.25, 0.3) is 17.5 Å². The fraction of sp³-hybridized carbons (Fsp3) is 0. The maximum absolute atomic E-state index is 12.0. The van der Waals surface area contributed by atoms with Crippen molar-refractivity contribution < 1.29 is 9.32 Å². The van der Waals surface area contributed by atoms with Gasteiger partial charge in [0.15, 0.2) is 5.82 Å². The van der Waals surface area contributed by atoms with Crippen molar-refractivity contribution in [3.63, 3.8) is 0 Å². The van der Waals surface area contributed by atoms with Crippen molar-refractivity contribution >= 4 is 40.9 Å². The van der Waals surface area contributed by atoms with Gasteiger partial charge >= 0.3 is 5.76 Å². The first-order valence-electron chi connectivity index (χ1n) is 7.12. The Morgan fingerprint density at radius 1 is 1.16 bits per heavy atom. The minimum Gasteiger partial charge on any atom is -0.322 e. The average molecular weight is 376 g/mol. The number of hydrogen-bond donors (Lipinski definition) is 2. The average Bonchev–Trinajstić information content (AvgIpc) is 3.03. The van der Waals surface area contributed by atoms with E-state index in [9.17, 15) is 9.59 Å². The quantitative estimate of drug-likeness (QED) is 0.674. The van der Waals surface area contributed by atoms with E-state index in [-0.39, 0.29) is 11.7 Å². The van der Waals surface area contributed by atoms with E-state index >= 15 is 0 Å². The molecule has 0 aliphatic rings. The number of aromatic amines is 1. The first-order valence-corrected chi connectivity index (χ1v) is 7.87. The van der Waals surface area contributed by atoms with E-state index in [1.807, 2.05) is 0 Å². The van der Waals surface area contributed by atoms with Crippen molar-refractivity contribution in [1.82, 2.24) is 10.1 Å². The van der Waals surface area contributed by atoms with Gasteiger partial charge < -0.3 is 5.32 Å². The van der Waals surface area contributed by atoms with Crippen LogP contribution in [-0.4, -0.2) is 16.0 Å². The van der Waals surface area contributed by atoms with Gasteiger partial charge in [0, 0.05) is 17.3 Å². The van der Waals surface area contributed by atoms with Crippen molar-refractivity contribution in [2.24, 2.45) is 0 Å². The van der Waals surface area contributed by atoms with Crippen LogP contribution in [0.1, 0.15) is 5.56 Å². The lowest BCUT2D eigenvalue weighted by atomic mass is 10.2. The number of amides is 1. The second kappa shape index (κ2) is 7.38. The number of aromatic nitrogens is 2. The largest absolute Gasteiger partial charge is 0.439 e. The first kappa shape index (κ1) is 17.0. The third kappa shape index (κ3) is 4.37. The van der Waals surface area contributed by atoms with Gasteiger partial charge in [-0.1, -0.05) is 46.6 Å². The van der Waals surface area contributed by atoms with Gasteiger partial charge in [0.1, 0.15) is 0 Å². The summed E-state index contributed by atoms with van der Waals surface area (Å²) in [6, 6.07) is 11.9. The summed E-state index contributed by atoms with van der Waals surface area (Å²) < 4.78 is 4.47. The summed E-state index contributed by atoms with van der Waals surface area (Å²) in [5.74, 6) is -0.682. The van der Waals surface area contributed by atoms with Gasteiger partial charge in [-0.05, 0) is 35.9 Å². The molecule has 1 aromatic heterocycles. The van der Waals surface area contributed by atoms with E-state index in [2.05, 4.69) is 20.0 Å².